The highest BCUT2D eigenvalue weighted by Gasteiger charge is 2.23. The number of anilines is 1. The largest absolute Gasteiger partial charge is 0.367 e. The van der Waals surface area contributed by atoms with Gasteiger partial charge in [0.2, 0.25) is 0 Å². The lowest BCUT2D eigenvalue weighted by Gasteiger charge is -2.23. The van der Waals surface area contributed by atoms with Crippen molar-refractivity contribution in [1.29, 1.82) is 0 Å². The Balaban J connectivity index is 2.00. The third-order valence-corrected chi connectivity index (χ3v) is 4.90. The topological polar surface area (TPSA) is 72.0 Å². The average molecular weight is 269 g/mol. The van der Waals surface area contributed by atoms with E-state index >= 15 is 0 Å². The van der Waals surface area contributed by atoms with Gasteiger partial charge in [-0.1, -0.05) is 13.8 Å². The molecule has 0 radical (unpaired) electrons. The molecule has 2 rings (SSSR count). The van der Waals surface area contributed by atoms with Crippen molar-refractivity contribution in [2.75, 3.05) is 16.8 Å². The highest BCUT2D eigenvalue weighted by molar-refractivity contribution is 7.91. The lowest BCUT2D eigenvalue weighted by atomic mass is 10.1. The highest BCUT2D eigenvalue weighted by Crippen LogP contribution is 2.18. The second-order valence-corrected chi connectivity index (χ2v) is 7.36. The maximum atomic E-state index is 11.3. The zero-order chi connectivity index (χ0) is 13.2. The molecule has 0 bridgehead atoms. The minimum Gasteiger partial charge on any atom is -0.367 e. The van der Waals surface area contributed by atoms with E-state index in [4.69, 9.17) is 0 Å². The molecular formula is C12H19N3O2S. The molecule has 1 saturated heterocycles. The van der Waals surface area contributed by atoms with Gasteiger partial charge in [0, 0.05) is 17.8 Å². The Kier molecular flexibility index (Phi) is 3.85. The Morgan fingerprint density at radius 2 is 1.94 bits per heavy atom. The zero-order valence-electron chi connectivity index (χ0n) is 10.8. The van der Waals surface area contributed by atoms with Gasteiger partial charge < -0.3 is 5.32 Å². The molecule has 100 valence electrons. The summed E-state index contributed by atoms with van der Waals surface area (Å²) in [6, 6.07) is 2.14. The summed E-state index contributed by atoms with van der Waals surface area (Å²) < 4.78 is 22.7. The van der Waals surface area contributed by atoms with Crippen LogP contribution < -0.4 is 5.32 Å². The van der Waals surface area contributed by atoms with Gasteiger partial charge in [-0.15, -0.1) is 0 Å². The summed E-state index contributed by atoms with van der Waals surface area (Å²) in [6.07, 6.45) is 2.87. The van der Waals surface area contributed by atoms with Gasteiger partial charge in [0.25, 0.3) is 0 Å². The van der Waals surface area contributed by atoms with E-state index in [0.717, 1.165) is 11.5 Å². The van der Waals surface area contributed by atoms with Crippen LogP contribution in [0.4, 0.5) is 5.82 Å². The molecular weight excluding hydrogens is 250 g/mol. The van der Waals surface area contributed by atoms with Gasteiger partial charge in [-0.25, -0.2) is 18.4 Å². The van der Waals surface area contributed by atoms with Gasteiger partial charge in [-0.2, -0.15) is 0 Å². The van der Waals surface area contributed by atoms with Crippen LogP contribution >= 0.6 is 0 Å². The molecule has 1 aliphatic rings. The van der Waals surface area contributed by atoms with Crippen molar-refractivity contribution in [2.45, 2.75) is 38.6 Å². The maximum absolute atomic E-state index is 11.3. The third-order valence-electron chi connectivity index (χ3n) is 3.19. The van der Waals surface area contributed by atoms with Crippen molar-refractivity contribution < 1.29 is 8.42 Å². The Hall–Kier alpha value is -1.17. The van der Waals surface area contributed by atoms with Crippen LogP contribution in [0, 0.1) is 0 Å². The molecule has 0 aromatic carbocycles. The van der Waals surface area contributed by atoms with Crippen molar-refractivity contribution in [3.8, 4) is 0 Å². The van der Waals surface area contributed by atoms with Crippen molar-refractivity contribution in [1.82, 2.24) is 9.97 Å². The van der Waals surface area contributed by atoms with Gasteiger partial charge in [0.1, 0.15) is 22.0 Å². The smallest absolute Gasteiger partial charge is 0.150 e. The molecule has 1 N–H and O–H groups in total. The SMILES string of the molecule is CC(C)c1cc(NC2CCS(=O)(=O)CC2)ncn1. The fourth-order valence-corrected chi connectivity index (χ4v) is 3.50. The average Bonchev–Trinajstić information content (AvgIpc) is 2.32. The maximum Gasteiger partial charge on any atom is 0.150 e. The van der Waals surface area contributed by atoms with Crippen molar-refractivity contribution >= 4 is 15.7 Å². The number of hydrogen-bond acceptors (Lipinski definition) is 5. The van der Waals surface area contributed by atoms with Crippen LogP contribution in [0.15, 0.2) is 12.4 Å². The van der Waals surface area contributed by atoms with Crippen LogP contribution in [-0.4, -0.2) is 35.9 Å². The second kappa shape index (κ2) is 5.22. The summed E-state index contributed by atoms with van der Waals surface area (Å²) in [5.74, 6) is 1.69. The molecule has 18 heavy (non-hydrogen) atoms. The summed E-state index contributed by atoms with van der Waals surface area (Å²) in [7, 11) is -2.80. The quantitative estimate of drug-likeness (QED) is 0.902. The molecule has 1 aliphatic heterocycles. The molecule has 0 amide bonds. The molecule has 0 atom stereocenters. The standard InChI is InChI=1S/C12H19N3O2S/c1-9(2)11-7-12(14-8-13-11)15-10-3-5-18(16,17)6-4-10/h7-10H,3-6H2,1-2H3,(H,13,14,15). The van der Waals surface area contributed by atoms with Crippen LogP contribution in [0.2, 0.25) is 0 Å². The van der Waals surface area contributed by atoms with Crippen LogP contribution in [0.5, 0.6) is 0 Å². The van der Waals surface area contributed by atoms with E-state index in [1.54, 1.807) is 6.33 Å². The van der Waals surface area contributed by atoms with Gasteiger partial charge in [-0.05, 0) is 18.8 Å². The molecule has 0 aliphatic carbocycles. The first-order valence-electron chi connectivity index (χ1n) is 6.25. The molecule has 1 aromatic rings. The van der Waals surface area contributed by atoms with E-state index in [2.05, 4.69) is 29.1 Å². The zero-order valence-corrected chi connectivity index (χ0v) is 11.6. The van der Waals surface area contributed by atoms with Gasteiger partial charge in [0.15, 0.2) is 0 Å². The summed E-state index contributed by atoms with van der Waals surface area (Å²) in [5, 5.41) is 3.30. The molecule has 0 spiro atoms. The monoisotopic (exact) mass is 269 g/mol. The van der Waals surface area contributed by atoms with E-state index in [-0.39, 0.29) is 17.5 Å². The van der Waals surface area contributed by atoms with Crippen LogP contribution in [-0.2, 0) is 9.84 Å². The molecule has 0 saturated carbocycles. The fourth-order valence-electron chi connectivity index (χ4n) is 2.01. The van der Waals surface area contributed by atoms with E-state index in [0.29, 0.717) is 18.8 Å². The van der Waals surface area contributed by atoms with Gasteiger partial charge >= 0.3 is 0 Å². The number of nitrogens with zero attached hydrogens (tertiary/aromatic N) is 2. The third kappa shape index (κ3) is 3.41. The van der Waals surface area contributed by atoms with E-state index < -0.39 is 9.84 Å². The predicted octanol–water partition coefficient (Wildman–Crippen LogP) is 1.59. The molecule has 6 heteroatoms. The Morgan fingerprint density at radius 1 is 1.28 bits per heavy atom. The summed E-state index contributed by atoms with van der Waals surface area (Å²) >= 11 is 0. The first-order chi connectivity index (χ1) is 8.46. The van der Waals surface area contributed by atoms with Crippen LogP contribution in [0.1, 0.15) is 38.3 Å². The van der Waals surface area contributed by atoms with Crippen LogP contribution in [0.3, 0.4) is 0 Å². The molecule has 0 unspecified atom stereocenters. The normalized spacial score (nSPS) is 19.9. The minimum atomic E-state index is -2.80. The minimum absolute atomic E-state index is 0.198. The van der Waals surface area contributed by atoms with Gasteiger partial charge in [-0.3, -0.25) is 0 Å². The second-order valence-electron chi connectivity index (χ2n) is 5.05. The summed E-state index contributed by atoms with van der Waals surface area (Å²) in [6.45, 7) is 4.17. The number of sulfone groups is 1. The first kappa shape index (κ1) is 13.3. The van der Waals surface area contributed by atoms with Crippen LogP contribution in [0.25, 0.3) is 0 Å². The summed E-state index contributed by atoms with van der Waals surface area (Å²) in [4.78, 5) is 8.39. The Morgan fingerprint density at radius 3 is 2.56 bits per heavy atom. The van der Waals surface area contributed by atoms with E-state index in [9.17, 15) is 8.42 Å². The lowest BCUT2D eigenvalue weighted by Crippen LogP contribution is -2.32. The highest BCUT2D eigenvalue weighted by atomic mass is 32.2. The predicted molar refractivity (Wildman–Crippen MR) is 71.4 cm³/mol. The fraction of sp³-hybridized carbons (Fsp3) is 0.667. The number of hydrogen-bond donors (Lipinski definition) is 1. The Bertz CT molecular complexity index is 500. The number of nitrogens with one attached hydrogen (secondary N) is 1. The van der Waals surface area contributed by atoms with Crippen molar-refractivity contribution in [3.05, 3.63) is 18.1 Å². The molecule has 1 aromatic heterocycles. The van der Waals surface area contributed by atoms with Crippen molar-refractivity contribution in [3.63, 3.8) is 0 Å². The summed E-state index contributed by atoms with van der Waals surface area (Å²) in [5.41, 5.74) is 0.996. The molecule has 2 heterocycles. The van der Waals surface area contributed by atoms with Gasteiger partial charge in [0.05, 0.1) is 11.5 Å². The number of aromatic nitrogens is 2. The van der Waals surface area contributed by atoms with E-state index in [1.165, 1.54) is 0 Å². The first-order valence-corrected chi connectivity index (χ1v) is 8.07. The molecule has 1 fully saturated rings. The van der Waals surface area contributed by atoms with E-state index in [1.807, 2.05) is 6.07 Å². The lowest BCUT2D eigenvalue weighted by molar-refractivity contribution is 0.559. The Labute approximate surface area is 108 Å². The molecule has 5 nitrogen and oxygen atoms in total. The van der Waals surface area contributed by atoms with Crippen molar-refractivity contribution in [2.24, 2.45) is 0 Å². The number of rotatable bonds is 3.